The van der Waals surface area contributed by atoms with Crippen molar-refractivity contribution in [3.05, 3.63) is 29.8 Å². The second kappa shape index (κ2) is 2.74. The van der Waals surface area contributed by atoms with Crippen molar-refractivity contribution in [2.24, 2.45) is 0 Å². The molecule has 0 amide bonds. The molecule has 4 heteroatoms. The predicted molar refractivity (Wildman–Crippen MR) is 44.5 cm³/mol. The van der Waals surface area contributed by atoms with Crippen LogP contribution in [0, 0.1) is 0 Å². The number of hydrogen-bond donors (Lipinski definition) is 1. The van der Waals surface area contributed by atoms with Gasteiger partial charge in [-0.25, -0.2) is 0 Å². The number of rotatable bonds is 1. The summed E-state index contributed by atoms with van der Waals surface area (Å²) in [5.74, 6) is 0. The lowest BCUT2D eigenvalue weighted by atomic mass is 10.2. The molecule has 0 aliphatic rings. The fraction of sp³-hybridized carbons (Fsp3) is 0.143. The Labute approximate surface area is 65.8 Å². The Bertz CT molecular complexity index is 257. The van der Waals surface area contributed by atoms with E-state index in [-0.39, 0.29) is 11.3 Å². The van der Waals surface area contributed by atoms with Gasteiger partial charge >= 0.3 is 0 Å². The van der Waals surface area contributed by atoms with E-state index < -0.39 is 5.66 Å². The molecule has 0 saturated heterocycles. The minimum atomic E-state index is -2.93. The maximum absolute atomic E-state index is 12.6. The van der Waals surface area contributed by atoms with Crippen LogP contribution in [0.25, 0.3) is 0 Å². The molecule has 0 fully saturated rings. The summed E-state index contributed by atoms with van der Waals surface area (Å²) in [6, 6.07) is 5.91. The fourth-order valence-electron chi connectivity index (χ4n) is 0.801. The van der Waals surface area contributed by atoms with Crippen molar-refractivity contribution in [1.29, 1.82) is 0 Å². The zero-order valence-electron chi connectivity index (χ0n) is 5.72. The summed E-state index contributed by atoms with van der Waals surface area (Å²) >= 11 is 0. The highest BCUT2D eigenvalue weighted by molar-refractivity contribution is 7.17. The molecule has 1 aromatic carbocycles. The monoisotopic (exact) mass is 175 g/mol. The molecule has 1 nitrogen and oxygen atoms in total. The van der Waals surface area contributed by atoms with Gasteiger partial charge in [-0.15, -0.1) is 0 Å². The lowest BCUT2D eigenvalue weighted by molar-refractivity contribution is 0.105. The number of nitrogens with two attached hydrogens (primary N) is 1. The standard InChI is InChI=1S/C7H8F2NP/c8-7(9,11)5-3-1-2-4-6(5)10/h1-4H,10-11H2. The van der Waals surface area contributed by atoms with Gasteiger partial charge < -0.3 is 5.73 Å². The molecule has 0 spiro atoms. The first-order valence-corrected chi connectivity index (χ1v) is 3.61. The van der Waals surface area contributed by atoms with E-state index in [1.54, 1.807) is 6.07 Å². The molecule has 1 atom stereocenters. The van der Waals surface area contributed by atoms with Gasteiger partial charge in [-0.2, -0.15) is 8.78 Å². The van der Waals surface area contributed by atoms with E-state index in [0.717, 1.165) is 0 Å². The molecule has 0 aliphatic carbocycles. The summed E-state index contributed by atoms with van der Waals surface area (Å²) in [4.78, 5) is 0. The minimum Gasteiger partial charge on any atom is -0.398 e. The molecular weight excluding hydrogens is 167 g/mol. The maximum atomic E-state index is 12.6. The Morgan fingerprint density at radius 3 is 2.18 bits per heavy atom. The van der Waals surface area contributed by atoms with Crippen LogP contribution in [0.2, 0.25) is 0 Å². The van der Waals surface area contributed by atoms with E-state index in [0.29, 0.717) is 0 Å². The highest BCUT2D eigenvalue weighted by Gasteiger charge is 2.26. The number of anilines is 1. The van der Waals surface area contributed by atoms with E-state index in [1.165, 1.54) is 27.4 Å². The van der Waals surface area contributed by atoms with Crippen molar-refractivity contribution >= 4 is 14.9 Å². The number of nitrogen functional groups attached to an aromatic ring is 1. The third-order valence-electron chi connectivity index (χ3n) is 1.32. The molecule has 1 rings (SSSR count). The molecule has 0 saturated carbocycles. The molecule has 0 bridgehead atoms. The number of halogens is 2. The fourth-order valence-corrected chi connectivity index (χ4v) is 1.06. The van der Waals surface area contributed by atoms with Crippen molar-refractivity contribution in [3.63, 3.8) is 0 Å². The van der Waals surface area contributed by atoms with Crippen LogP contribution in [0.3, 0.4) is 0 Å². The molecule has 1 aromatic rings. The zero-order chi connectivity index (χ0) is 8.48. The number of alkyl halides is 2. The minimum absolute atomic E-state index is 0.118. The van der Waals surface area contributed by atoms with Gasteiger partial charge in [0, 0.05) is 11.3 Å². The lowest BCUT2D eigenvalue weighted by Gasteiger charge is -2.11. The van der Waals surface area contributed by atoms with E-state index in [1.807, 2.05) is 0 Å². The van der Waals surface area contributed by atoms with Gasteiger partial charge in [0.25, 0.3) is 5.66 Å². The van der Waals surface area contributed by atoms with Crippen LogP contribution in [-0.2, 0) is 5.66 Å². The molecule has 0 aliphatic heterocycles. The summed E-state index contributed by atoms with van der Waals surface area (Å²) < 4.78 is 25.2. The molecule has 0 aromatic heterocycles. The van der Waals surface area contributed by atoms with Gasteiger partial charge in [0.2, 0.25) is 0 Å². The quantitative estimate of drug-likeness (QED) is 0.513. The van der Waals surface area contributed by atoms with Gasteiger partial charge in [0.1, 0.15) is 0 Å². The number of hydrogen-bond acceptors (Lipinski definition) is 1. The maximum Gasteiger partial charge on any atom is 0.285 e. The summed E-state index contributed by atoms with van der Waals surface area (Å²) in [6.07, 6.45) is 0. The molecule has 11 heavy (non-hydrogen) atoms. The molecular formula is C7H8F2NP. The first kappa shape index (κ1) is 8.41. The van der Waals surface area contributed by atoms with Crippen LogP contribution in [-0.4, -0.2) is 0 Å². The SMILES string of the molecule is Nc1ccccc1C(F)(F)P. The van der Waals surface area contributed by atoms with Gasteiger partial charge in [-0.05, 0) is 6.07 Å². The topological polar surface area (TPSA) is 26.0 Å². The Morgan fingerprint density at radius 2 is 1.82 bits per heavy atom. The number of benzene rings is 1. The Hall–Kier alpha value is -0.690. The van der Waals surface area contributed by atoms with E-state index in [2.05, 4.69) is 0 Å². The van der Waals surface area contributed by atoms with Crippen LogP contribution in [0.5, 0.6) is 0 Å². The molecule has 2 N–H and O–H groups in total. The average molecular weight is 175 g/mol. The highest BCUT2D eigenvalue weighted by Crippen LogP contribution is 2.37. The van der Waals surface area contributed by atoms with Crippen molar-refractivity contribution in [2.75, 3.05) is 5.73 Å². The number of para-hydroxylation sites is 1. The van der Waals surface area contributed by atoms with E-state index >= 15 is 0 Å². The highest BCUT2D eigenvalue weighted by atomic mass is 31.0. The summed E-state index contributed by atoms with van der Waals surface area (Å²) in [6.45, 7) is 0. The normalized spacial score (nSPS) is 11.5. The van der Waals surface area contributed by atoms with Gasteiger partial charge in [0.05, 0.1) is 0 Å². The zero-order valence-corrected chi connectivity index (χ0v) is 6.87. The smallest absolute Gasteiger partial charge is 0.285 e. The van der Waals surface area contributed by atoms with Crippen LogP contribution in [0.1, 0.15) is 5.56 Å². The van der Waals surface area contributed by atoms with E-state index in [4.69, 9.17) is 5.73 Å². The Morgan fingerprint density at radius 1 is 1.27 bits per heavy atom. The second-order valence-corrected chi connectivity index (χ2v) is 2.94. The van der Waals surface area contributed by atoms with Crippen LogP contribution < -0.4 is 5.73 Å². The average Bonchev–Trinajstić information content (AvgIpc) is 1.86. The van der Waals surface area contributed by atoms with Crippen LogP contribution >= 0.6 is 9.24 Å². The largest absolute Gasteiger partial charge is 0.398 e. The van der Waals surface area contributed by atoms with Crippen molar-refractivity contribution in [2.45, 2.75) is 5.66 Å². The second-order valence-electron chi connectivity index (χ2n) is 2.21. The van der Waals surface area contributed by atoms with Crippen molar-refractivity contribution < 1.29 is 8.78 Å². The summed E-state index contributed by atoms with van der Waals surface area (Å²) in [7, 11) is 1.45. The molecule has 0 radical (unpaired) electrons. The van der Waals surface area contributed by atoms with Gasteiger partial charge in [-0.3, -0.25) is 0 Å². The lowest BCUT2D eigenvalue weighted by Crippen LogP contribution is -2.05. The molecule has 60 valence electrons. The first-order valence-electron chi connectivity index (χ1n) is 3.03. The van der Waals surface area contributed by atoms with Gasteiger partial charge in [0.15, 0.2) is 0 Å². The van der Waals surface area contributed by atoms with Gasteiger partial charge in [-0.1, -0.05) is 27.4 Å². The van der Waals surface area contributed by atoms with E-state index in [9.17, 15) is 8.78 Å². The summed E-state index contributed by atoms with van der Waals surface area (Å²) in [5.41, 5.74) is 2.36. The summed E-state index contributed by atoms with van der Waals surface area (Å²) in [5, 5.41) is 0. The van der Waals surface area contributed by atoms with Crippen molar-refractivity contribution in [3.8, 4) is 0 Å². The predicted octanol–water partition coefficient (Wildman–Crippen LogP) is 2.19. The third-order valence-corrected chi connectivity index (χ3v) is 1.63. The van der Waals surface area contributed by atoms with Crippen LogP contribution in [0.15, 0.2) is 24.3 Å². The first-order chi connectivity index (χ1) is 5.02. The Kier molecular flexibility index (Phi) is 2.10. The Balaban J connectivity index is 3.14. The van der Waals surface area contributed by atoms with Crippen LogP contribution in [0.4, 0.5) is 14.5 Å². The van der Waals surface area contributed by atoms with Crippen molar-refractivity contribution in [1.82, 2.24) is 0 Å². The third kappa shape index (κ3) is 1.87. The molecule has 0 heterocycles. The molecule has 1 unspecified atom stereocenters.